The van der Waals surface area contributed by atoms with Crippen LogP contribution in [0.4, 0.5) is 0 Å². The second-order valence-corrected chi connectivity index (χ2v) is 5.22. The molecule has 16 heavy (non-hydrogen) atoms. The average molecular weight is 218 g/mol. The Bertz CT molecular complexity index is 335. The highest BCUT2D eigenvalue weighted by Crippen LogP contribution is 2.23. The van der Waals surface area contributed by atoms with E-state index in [0.29, 0.717) is 6.04 Å². The molecule has 1 aliphatic rings. The number of nitrogens with one attached hydrogen (secondary N) is 1. The Morgan fingerprint density at radius 2 is 2.25 bits per heavy atom. The van der Waals surface area contributed by atoms with E-state index >= 15 is 0 Å². The molecule has 1 aromatic heterocycles. The molecular weight excluding hydrogens is 196 g/mol. The van der Waals surface area contributed by atoms with E-state index in [1.54, 1.807) is 0 Å². The molecule has 88 valence electrons. The summed E-state index contributed by atoms with van der Waals surface area (Å²) in [6, 6.07) is 2.93. The summed E-state index contributed by atoms with van der Waals surface area (Å²) in [7, 11) is 0. The fourth-order valence-electron chi connectivity index (χ4n) is 2.60. The van der Waals surface area contributed by atoms with Gasteiger partial charge in [-0.05, 0) is 36.8 Å². The lowest BCUT2D eigenvalue weighted by Gasteiger charge is -2.27. The van der Waals surface area contributed by atoms with Crippen LogP contribution in [0.15, 0.2) is 18.5 Å². The molecule has 2 unspecified atom stereocenters. The largest absolute Gasteiger partial charge is 0.310 e. The third-order valence-corrected chi connectivity index (χ3v) is 3.46. The molecule has 2 heteroatoms. The number of nitrogens with zero attached hydrogens (tertiary/aromatic N) is 1. The van der Waals surface area contributed by atoms with Crippen molar-refractivity contribution in [3.63, 3.8) is 0 Å². The molecule has 1 aliphatic carbocycles. The summed E-state index contributed by atoms with van der Waals surface area (Å²) in [6.07, 6.45) is 9.33. The van der Waals surface area contributed by atoms with Gasteiger partial charge in [-0.25, -0.2) is 0 Å². The molecule has 1 fully saturated rings. The van der Waals surface area contributed by atoms with Gasteiger partial charge in [0.1, 0.15) is 0 Å². The lowest BCUT2D eigenvalue weighted by Crippen LogP contribution is -2.33. The van der Waals surface area contributed by atoms with Crippen molar-refractivity contribution in [1.82, 2.24) is 10.3 Å². The van der Waals surface area contributed by atoms with Crippen molar-refractivity contribution >= 4 is 0 Å². The first-order valence-corrected chi connectivity index (χ1v) is 6.38. The highest BCUT2D eigenvalue weighted by molar-refractivity contribution is 5.16. The zero-order valence-electron chi connectivity index (χ0n) is 10.4. The summed E-state index contributed by atoms with van der Waals surface area (Å²) in [5, 5.41) is 3.66. The Morgan fingerprint density at radius 1 is 1.38 bits per heavy atom. The molecular formula is C14H22N2. The normalized spacial score (nSPS) is 25.6. The molecule has 1 saturated carbocycles. The second-order valence-electron chi connectivity index (χ2n) is 5.22. The molecule has 0 bridgehead atoms. The summed E-state index contributed by atoms with van der Waals surface area (Å²) in [5.74, 6) is 0.891. The molecule has 2 rings (SSSR count). The lowest BCUT2D eigenvalue weighted by atomic mass is 9.87. The van der Waals surface area contributed by atoms with Gasteiger partial charge in [-0.15, -0.1) is 0 Å². The summed E-state index contributed by atoms with van der Waals surface area (Å²) in [6.45, 7) is 5.42. The molecule has 0 aromatic carbocycles. The van der Waals surface area contributed by atoms with E-state index in [0.717, 1.165) is 12.5 Å². The lowest BCUT2D eigenvalue weighted by molar-refractivity contribution is 0.300. The third kappa shape index (κ3) is 3.31. The zero-order valence-corrected chi connectivity index (χ0v) is 10.4. The minimum atomic E-state index is 0.712. The molecule has 0 saturated heterocycles. The Labute approximate surface area is 98.5 Å². The van der Waals surface area contributed by atoms with Crippen LogP contribution in [-0.2, 0) is 6.54 Å². The maximum absolute atomic E-state index is 4.22. The van der Waals surface area contributed by atoms with Gasteiger partial charge in [0.05, 0.1) is 0 Å². The van der Waals surface area contributed by atoms with Gasteiger partial charge >= 0.3 is 0 Å². The van der Waals surface area contributed by atoms with E-state index in [9.17, 15) is 0 Å². The van der Waals surface area contributed by atoms with Crippen molar-refractivity contribution in [2.45, 2.75) is 52.1 Å². The molecule has 0 aliphatic heterocycles. The Kier molecular flexibility index (Phi) is 3.94. The monoisotopic (exact) mass is 218 g/mol. The van der Waals surface area contributed by atoms with Crippen LogP contribution in [0, 0.1) is 12.8 Å². The predicted molar refractivity (Wildman–Crippen MR) is 67.2 cm³/mol. The molecule has 1 aromatic rings. The smallest absolute Gasteiger partial charge is 0.0313 e. The van der Waals surface area contributed by atoms with Crippen LogP contribution < -0.4 is 5.32 Å². The summed E-state index contributed by atoms with van der Waals surface area (Å²) in [5.41, 5.74) is 2.55. The average Bonchev–Trinajstić information content (AvgIpc) is 2.27. The quantitative estimate of drug-likeness (QED) is 0.843. The van der Waals surface area contributed by atoms with Gasteiger partial charge in [0.2, 0.25) is 0 Å². The fourth-order valence-corrected chi connectivity index (χ4v) is 2.60. The first-order chi connectivity index (χ1) is 7.74. The topological polar surface area (TPSA) is 24.9 Å². The van der Waals surface area contributed by atoms with Crippen molar-refractivity contribution in [3.05, 3.63) is 29.6 Å². The van der Waals surface area contributed by atoms with E-state index in [-0.39, 0.29) is 0 Å². The van der Waals surface area contributed by atoms with E-state index < -0.39 is 0 Å². The van der Waals surface area contributed by atoms with E-state index in [1.165, 1.54) is 36.8 Å². The fraction of sp³-hybridized carbons (Fsp3) is 0.643. The minimum absolute atomic E-state index is 0.712. The van der Waals surface area contributed by atoms with Crippen LogP contribution in [0.2, 0.25) is 0 Å². The predicted octanol–water partition coefficient (Wildman–Crippen LogP) is 3.06. The summed E-state index contributed by atoms with van der Waals surface area (Å²) < 4.78 is 0. The maximum atomic E-state index is 4.22. The van der Waals surface area contributed by atoms with Crippen molar-refractivity contribution in [2.75, 3.05) is 0 Å². The zero-order chi connectivity index (χ0) is 11.4. The van der Waals surface area contributed by atoms with Crippen LogP contribution in [0.3, 0.4) is 0 Å². The molecule has 0 amide bonds. The van der Waals surface area contributed by atoms with Gasteiger partial charge in [-0.2, -0.15) is 0 Å². The molecule has 1 heterocycles. The first kappa shape index (κ1) is 11.6. The summed E-state index contributed by atoms with van der Waals surface area (Å²) in [4.78, 5) is 4.22. The number of hydrogen-bond donors (Lipinski definition) is 1. The van der Waals surface area contributed by atoms with E-state index in [1.807, 2.05) is 12.4 Å². The van der Waals surface area contributed by atoms with Crippen LogP contribution >= 0.6 is 0 Å². The van der Waals surface area contributed by atoms with Gasteiger partial charge in [-0.1, -0.05) is 25.8 Å². The van der Waals surface area contributed by atoms with E-state index in [2.05, 4.69) is 30.2 Å². The molecule has 0 radical (unpaired) electrons. The van der Waals surface area contributed by atoms with Gasteiger partial charge in [0.25, 0.3) is 0 Å². The van der Waals surface area contributed by atoms with Gasteiger partial charge in [-0.3, -0.25) is 4.98 Å². The summed E-state index contributed by atoms with van der Waals surface area (Å²) >= 11 is 0. The van der Waals surface area contributed by atoms with E-state index in [4.69, 9.17) is 0 Å². The number of pyridine rings is 1. The van der Waals surface area contributed by atoms with Crippen molar-refractivity contribution in [3.8, 4) is 0 Å². The minimum Gasteiger partial charge on any atom is -0.310 e. The molecule has 2 atom stereocenters. The second kappa shape index (κ2) is 5.44. The van der Waals surface area contributed by atoms with Crippen molar-refractivity contribution < 1.29 is 0 Å². The highest BCUT2D eigenvalue weighted by Gasteiger charge is 2.17. The standard InChI is InChI=1S/C14H22N2/c1-11-4-3-5-14(7-11)16-10-13-6-12(2)8-15-9-13/h6,8-9,11,14,16H,3-5,7,10H2,1-2H3. The Hall–Kier alpha value is -0.890. The molecule has 1 N–H and O–H groups in total. The highest BCUT2D eigenvalue weighted by atomic mass is 14.9. The molecule has 0 spiro atoms. The van der Waals surface area contributed by atoms with Crippen molar-refractivity contribution in [2.24, 2.45) is 5.92 Å². The van der Waals surface area contributed by atoms with Crippen molar-refractivity contribution in [1.29, 1.82) is 0 Å². The third-order valence-electron chi connectivity index (χ3n) is 3.46. The number of rotatable bonds is 3. The Balaban J connectivity index is 1.82. The first-order valence-electron chi connectivity index (χ1n) is 6.38. The van der Waals surface area contributed by atoms with Crippen LogP contribution in [-0.4, -0.2) is 11.0 Å². The van der Waals surface area contributed by atoms with Crippen LogP contribution in [0.5, 0.6) is 0 Å². The van der Waals surface area contributed by atoms with Gasteiger partial charge in [0.15, 0.2) is 0 Å². The van der Waals surface area contributed by atoms with Gasteiger partial charge < -0.3 is 5.32 Å². The Morgan fingerprint density at radius 3 is 3.00 bits per heavy atom. The number of aromatic nitrogens is 1. The van der Waals surface area contributed by atoms with Crippen LogP contribution in [0.25, 0.3) is 0 Å². The SMILES string of the molecule is Cc1cncc(CNC2CCCC(C)C2)c1. The van der Waals surface area contributed by atoms with Crippen LogP contribution in [0.1, 0.15) is 43.7 Å². The maximum Gasteiger partial charge on any atom is 0.0313 e. The number of aryl methyl sites for hydroxylation is 1. The molecule has 2 nitrogen and oxygen atoms in total. The van der Waals surface area contributed by atoms with Gasteiger partial charge in [0, 0.05) is 25.0 Å². The number of hydrogen-bond acceptors (Lipinski definition) is 2.